The largest absolute Gasteiger partial charge is 0.288 e. The van der Waals surface area contributed by atoms with Crippen molar-refractivity contribution in [2.75, 3.05) is 0 Å². The molecule has 0 amide bonds. The molecule has 2 atom stereocenters. The summed E-state index contributed by atoms with van der Waals surface area (Å²) >= 11 is 0. The van der Waals surface area contributed by atoms with E-state index in [-0.39, 0.29) is 12.6 Å². The molecule has 1 unspecified atom stereocenters. The van der Waals surface area contributed by atoms with E-state index in [1.807, 2.05) is 31.3 Å². The Kier molecular flexibility index (Phi) is 4.47. The second-order valence-electron chi connectivity index (χ2n) is 7.15. The summed E-state index contributed by atoms with van der Waals surface area (Å²) in [6.07, 6.45) is 4.86. The van der Waals surface area contributed by atoms with E-state index >= 15 is 0 Å². The van der Waals surface area contributed by atoms with Gasteiger partial charge in [0.25, 0.3) is 0 Å². The Hall–Kier alpha value is -2.32. The van der Waals surface area contributed by atoms with Gasteiger partial charge in [-0.2, -0.15) is 4.31 Å². The van der Waals surface area contributed by atoms with Crippen LogP contribution in [0.2, 0.25) is 0 Å². The molecule has 0 radical (unpaired) electrons. The number of hydrogen-bond acceptors (Lipinski definition) is 4. The van der Waals surface area contributed by atoms with E-state index in [0.717, 1.165) is 17.5 Å². The van der Waals surface area contributed by atoms with E-state index in [9.17, 15) is 12.8 Å². The Morgan fingerprint density at radius 3 is 2.70 bits per heavy atom. The molecule has 6 nitrogen and oxygen atoms in total. The summed E-state index contributed by atoms with van der Waals surface area (Å²) in [5.74, 6) is -0.406. The van der Waals surface area contributed by atoms with E-state index in [2.05, 4.69) is 10.2 Å². The summed E-state index contributed by atoms with van der Waals surface area (Å²) in [5.41, 5.74) is 2.65. The number of fused-ring (bicyclic) bond motifs is 1. The van der Waals surface area contributed by atoms with Crippen LogP contribution < -0.4 is 0 Å². The summed E-state index contributed by atoms with van der Waals surface area (Å²) in [6, 6.07) is 8.48. The van der Waals surface area contributed by atoms with Gasteiger partial charge in [-0.05, 0) is 56.0 Å². The Bertz CT molecular complexity index is 1100. The molecule has 1 saturated heterocycles. The van der Waals surface area contributed by atoms with Crippen LogP contribution in [0.3, 0.4) is 0 Å². The van der Waals surface area contributed by atoms with E-state index in [1.165, 1.54) is 10.4 Å². The third kappa shape index (κ3) is 3.23. The Balaban J connectivity index is 1.63. The summed E-state index contributed by atoms with van der Waals surface area (Å²) in [4.78, 5) is 0. The van der Waals surface area contributed by atoms with E-state index in [0.29, 0.717) is 17.6 Å². The topological polar surface area (TPSA) is 67.6 Å². The van der Waals surface area contributed by atoms with Crippen molar-refractivity contribution < 1.29 is 12.8 Å². The zero-order chi connectivity index (χ0) is 19.2. The monoisotopic (exact) mass is 388 g/mol. The summed E-state index contributed by atoms with van der Waals surface area (Å²) in [6.45, 7) is 3.66. The fourth-order valence-electron chi connectivity index (χ4n) is 3.52. The molecule has 8 heteroatoms. The van der Waals surface area contributed by atoms with E-state index in [1.54, 1.807) is 23.7 Å². The Morgan fingerprint density at radius 1 is 1.15 bits per heavy atom. The lowest BCUT2D eigenvalue weighted by Crippen LogP contribution is -2.47. The average molecular weight is 388 g/mol. The first kappa shape index (κ1) is 18.1. The quantitative estimate of drug-likeness (QED) is 0.691. The molecule has 4 rings (SSSR count). The van der Waals surface area contributed by atoms with Crippen molar-refractivity contribution in [2.24, 2.45) is 0 Å². The van der Waals surface area contributed by atoms with Gasteiger partial charge in [-0.3, -0.25) is 4.40 Å². The highest BCUT2D eigenvalue weighted by molar-refractivity contribution is 7.89. The van der Waals surface area contributed by atoms with Gasteiger partial charge < -0.3 is 0 Å². The molecule has 0 saturated carbocycles. The van der Waals surface area contributed by atoms with Crippen molar-refractivity contribution in [1.82, 2.24) is 18.9 Å². The molecule has 1 fully saturated rings. The van der Waals surface area contributed by atoms with Gasteiger partial charge >= 0.3 is 0 Å². The van der Waals surface area contributed by atoms with Crippen molar-refractivity contribution in [3.05, 3.63) is 54.2 Å². The number of halogens is 1. The molecule has 0 N–H and O–H groups in total. The first-order valence-electron chi connectivity index (χ1n) is 8.95. The zero-order valence-electron chi connectivity index (χ0n) is 15.2. The second-order valence-corrected chi connectivity index (χ2v) is 9.45. The van der Waals surface area contributed by atoms with Crippen molar-refractivity contribution in [3.8, 4) is 11.1 Å². The average Bonchev–Trinajstić information content (AvgIpc) is 3.11. The number of benzene rings is 1. The first-order chi connectivity index (χ1) is 12.9. The van der Waals surface area contributed by atoms with Crippen LogP contribution in [-0.2, 0) is 16.6 Å². The van der Waals surface area contributed by atoms with Crippen molar-refractivity contribution in [2.45, 2.75) is 44.5 Å². The van der Waals surface area contributed by atoms with E-state index in [4.69, 9.17) is 0 Å². The molecule has 3 aromatic rings. The minimum absolute atomic E-state index is 0.0599. The normalized spacial score (nSPS) is 22.9. The standard InChI is InChI=1S/C19H21FN4O2S/c1-13-3-4-14(2)27(25,26)24(13)11-17-6-5-15(9-18(17)20)16-7-8-19-22-21-12-23(19)10-16/h5-10,12-14H,3-4,11H2,1-2H3/t13-,14?/m0/s1. The number of pyridine rings is 1. The summed E-state index contributed by atoms with van der Waals surface area (Å²) < 4.78 is 43.2. The van der Waals surface area contributed by atoms with Crippen LogP contribution in [0.4, 0.5) is 4.39 Å². The molecule has 2 aromatic heterocycles. The minimum Gasteiger partial charge on any atom is -0.288 e. The second kappa shape index (κ2) is 6.69. The van der Waals surface area contributed by atoms with Crippen LogP contribution in [-0.4, -0.2) is 38.6 Å². The molecule has 142 valence electrons. The fraction of sp³-hybridized carbons (Fsp3) is 0.368. The Labute approximate surface area is 157 Å². The van der Waals surface area contributed by atoms with Crippen LogP contribution in [0.5, 0.6) is 0 Å². The third-order valence-corrected chi connectivity index (χ3v) is 7.72. The highest BCUT2D eigenvalue weighted by Gasteiger charge is 2.37. The molecule has 27 heavy (non-hydrogen) atoms. The van der Waals surface area contributed by atoms with Crippen LogP contribution in [0.15, 0.2) is 42.9 Å². The molecule has 1 aliphatic heterocycles. The van der Waals surface area contributed by atoms with Gasteiger partial charge in [0, 0.05) is 24.3 Å². The van der Waals surface area contributed by atoms with Gasteiger partial charge in [0.1, 0.15) is 12.1 Å². The van der Waals surface area contributed by atoms with Crippen molar-refractivity contribution in [3.63, 3.8) is 0 Å². The lowest BCUT2D eigenvalue weighted by molar-refractivity contribution is 0.281. The van der Waals surface area contributed by atoms with Crippen molar-refractivity contribution >= 4 is 15.7 Å². The minimum atomic E-state index is -3.40. The molecule has 1 aliphatic rings. The molecular weight excluding hydrogens is 367 g/mol. The van der Waals surface area contributed by atoms with Gasteiger partial charge in [0.05, 0.1) is 5.25 Å². The maximum absolute atomic E-state index is 14.8. The molecule has 0 aliphatic carbocycles. The van der Waals surface area contributed by atoms with Crippen LogP contribution in [0.25, 0.3) is 16.8 Å². The van der Waals surface area contributed by atoms with Crippen LogP contribution in [0.1, 0.15) is 32.3 Å². The molecule has 0 spiro atoms. The number of nitrogens with zero attached hydrogens (tertiary/aromatic N) is 4. The van der Waals surface area contributed by atoms with Crippen molar-refractivity contribution in [1.29, 1.82) is 0 Å². The first-order valence-corrected chi connectivity index (χ1v) is 10.5. The van der Waals surface area contributed by atoms with Gasteiger partial charge in [-0.15, -0.1) is 10.2 Å². The highest BCUT2D eigenvalue weighted by atomic mass is 32.2. The summed E-state index contributed by atoms with van der Waals surface area (Å²) in [5, 5.41) is 7.36. The highest BCUT2D eigenvalue weighted by Crippen LogP contribution is 2.29. The fourth-order valence-corrected chi connectivity index (χ4v) is 5.34. The maximum Gasteiger partial charge on any atom is 0.217 e. The number of sulfonamides is 1. The van der Waals surface area contributed by atoms with Gasteiger partial charge in [0.2, 0.25) is 10.0 Å². The predicted octanol–water partition coefficient (Wildman–Crippen LogP) is 3.24. The van der Waals surface area contributed by atoms with Gasteiger partial charge in [-0.25, -0.2) is 12.8 Å². The molecule has 1 aromatic carbocycles. The Morgan fingerprint density at radius 2 is 1.93 bits per heavy atom. The van der Waals surface area contributed by atoms with E-state index < -0.39 is 21.1 Å². The third-order valence-electron chi connectivity index (χ3n) is 5.32. The molecular formula is C19H21FN4O2S. The molecule has 0 bridgehead atoms. The predicted molar refractivity (Wildman–Crippen MR) is 101 cm³/mol. The number of hydrogen-bond donors (Lipinski definition) is 0. The summed E-state index contributed by atoms with van der Waals surface area (Å²) in [7, 11) is -3.40. The molecule has 3 heterocycles. The SMILES string of the molecule is CC1CC[C@H](C)N(Cc2ccc(-c3ccc4nncn4c3)cc2F)S1(=O)=O. The lowest BCUT2D eigenvalue weighted by Gasteiger charge is -2.36. The zero-order valence-corrected chi connectivity index (χ0v) is 16.0. The van der Waals surface area contributed by atoms with Crippen LogP contribution >= 0.6 is 0 Å². The maximum atomic E-state index is 14.8. The number of rotatable bonds is 3. The van der Waals surface area contributed by atoms with Gasteiger partial charge in [0.15, 0.2) is 5.65 Å². The lowest BCUT2D eigenvalue weighted by atomic mass is 10.0. The van der Waals surface area contributed by atoms with Crippen LogP contribution in [0, 0.1) is 5.82 Å². The number of aromatic nitrogens is 3. The smallest absolute Gasteiger partial charge is 0.217 e. The van der Waals surface area contributed by atoms with Gasteiger partial charge in [-0.1, -0.05) is 12.1 Å².